The molecular weight excluding hydrogens is 481 g/mol. The SMILES string of the molecule is COc1ccc(NC(=O)Cc2ccc3nc(Nc4cccc(F)c4)oc3c2)cc1OCC(C)CC(=O)O. The van der Waals surface area contributed by atoms with E-state index in [-0.39, 0.29) is 43.1 Å². The van der Waals surface area contributed by atoms with Gasteiger partial charge in [-0.1, -0.05) is 19.1 Å². The zero-order valence-electron chi connectivity index (χ0n) is 20.3. The predicted molar refractivity (Wildman–Crippen MR) is 136 cm³/mol. The molecule has 1 atom stereocenters. The Balaban J connectivity index is 1.40. The number of anilines is 3. The number of oxazole rings is 1. The molecule has 3 aromatic carbocycles. The molecule has 1 aromatic heterocycles. The van der Waals surface area contributed by atoms with Gasteiger partial charge in [-0.05, 0) is 48.0 Å². The molecule has 0 saturated heterocycles. The number of carbonyl (C=O) groups excluding carboxylic acids is 1. The van der Waals surface area contributed by atoms with E-state index >= 15 is 0 Å². The lowest BCUT2D eigenvalue weighted by Gasteiger charge is -2.15. The molecule has 0 radical (unpaired) electrons. The van der Waals surface area contributed by atoms with Crippen molar-refractivity contribution in [3.8, 4) is 11.5 Å². The van der Waals surface area contributed by atoms with Crippen LogP contribution in [-0.2, 0) is 16.0 Å². The van der Waals surface area contributed by atoms with Crippen molar-refractivity contribution in [3.63, 3.8) is 0 Å². The van der Waals surface area contributed by atoms with E-state index < -0.39 is 5.97 Å². The average molecular weight is 508 g/mol. The maximum Gasteiger partial charge on any atom is 0.303 e. The quantitative estimate of drug-likeness (QED) is 0.247. The zero-order chi connectivity index (χ0) is 26.4. The van der Waals surface area contributed by atoms with E-state index in [4.69, 9.17) is 19.0 Å². The number of nitrogens with zero attached hydrogens (tertiary/aromatic N) is 1. The Morgan fingerprint density at radius 1 is 1.08 bits per heavy atom. The molecule has 1 amide bonds. The normalized spacial score (nSPS) is 11.6. The van der Waals surface area contributed by atoms with Gasteiger partial charge in [-0.15, -0.1) is 0 Å². The van der Waals surface area contributed by atoms with Crippen LogP contribution in [0.25, 0.3) is 11.1 Å². The maximum absolute atomic E-state index is 13.4. The second kappa shape index (κ2) is 11.4. The van der Waals surface area contributed by atoms with E-state index in [1.807, 2.05) is 0 Å². The van der Waals surface area contributed by atoms with E-state index in [2.05, 4.69) is 15.6 Å². The summed E-state index contributed by atoms with van der Waals surface area (Å²) in [6, 6.07) is 16.4. The van der Waals surface area contributed by atoms with Crippen LogP contribution in [0.3, 0.4) is 0 Å². The number of amides is 1. The van der Waals surface area contributed by atoms with Crippen LogP contribution >= 0.6 is 0 Å². The second-order valence-corrected chi connectivity index (χ2v) is 8.56. The minimum atomic E-state index is -0.897. The summed E-state index contributed by atoms with van der Waals surface area (Å²) < 4.78 is 30.2. The van der Waals surface area contributed by atoms with Gasteiger partial charge in [0.25, 0.3) is 6.01 Å². The van der Waals surface area contributed by atoms with Crippen LogP contribution in [0.4, 0.5) is 21.8 Å². The van der Waals surface area contributed by atoms with Crippen LogP contribution in [0.2, 0.25) is 0 Å². The molecule has 0 aliphatic carbocycles. The molecule has 0 aliphatic rings. The molecule has 9 nitrogen and oxygen atoms in total. The van der Waals surface area contributed by atoms with E-state index in [1.165, 1.54) is 19.2 Å². The van der Waals surface area contributed by atoms with Crippen LogP contribution in [0.1, 0.15) is 18.9 Å². The molecule has 3 N–H and O–H groups in total. The van der Waals surface area contributed by atoms with Crippen molar-refractivity contribution in [2.24, 2.45) is 5.92 Å². The highest BCUT2D eigenvalue weighted by atomic mass is 19.1. The van der Waals surface area contributed by atoms with E-state index in [0.29, 0.717) is 39.5 Å². The molecule has 4 aromatic rings. The average Bonchev–Trinajstić information content (AvgIpc) is 3.24. The molecule has 37 heavy (non-hydrogen) atoms. The third-order valence-corrected chi connectivity index (χ3v) is 5.39. The smallest absolute Gasteiger partial charge is 0.303 e. The number of carbonyl (C=O) groups is 2. The van der Waals surface area contributed by atoms with Gasteiger partial charge in [-0.2, -0.15) is 4.98 Å². The summed E-state index contributed by atoms with van der Waals surface area (Å²) in [4.78, 5) is 27.9. The molecule has 0 saturated carbocycles. The first kappa shape index (κ1) is 25.5. The number of hydrogen-bond donors (Lipinski definition) is 3. The van der Waals surface area contributed by atoms with Crippen molar-refractivity contribution >= 4 is 40.4 Å². The van der Waals surface area contributed by atoms with Crippen LogP contribution in [0.15, 0.2) is 65.1 Å². The Morgan fingerprint density at radius 3 is 2.68 bits per heavy atom. The molecule has 0 spiro atoms. The molecule has 1 heterocycles. The highest BCUT2D eigenvalue weighted by Gasteiger charge is 2.14. The number of aromatic nitrogens is 1. The van der Waals surface area contributed by atoms with Gasteiger partial charge in [0.2, 0.25) is 5.91 Å². The Bertz CT molecular complexity index is 1420. The Morgan fingerprint density at radius 2 is 1.92 bits per heavy atom. The first-order valence-electron chi connectivity index (χ1n) is 11.5. The van der Waals surface area contributed by atoms with Gasteiger partial charge in [-0.3, -0.25) is 9.59 Å². The summed E-state index contributed by atoms with van der Waals surface area (Å²) in [7, 11) is 1.50. The maximum atomic E-state index is 13.4. The Hall–Kier alpha value is -4.60. The molecule has 1 unspecified atom stereocenters. The summed E-state index contributed by atoms with van der Waals surface area (Å²) in [5.41, 5.74) is 2.81. The number of fused-ring (bicyclic) bond motifs is 1. The lowest BCUT2D eigenvalue weighted by Crippen LogP contribution is -2.15. The van der Waals surface area contributed by atoms with Crippen LogP contribution < -0.4 is 20.1 Å². The van der Waals surface area contributed by atoms with Crippen molar-refractivity contribution < 1.29 is 33.0 Å². The summed E-state index contributed by atoms with van der Waals surface area (Å²) in [5.74, 6) is -0.856. The largest absolute Gasteiger partial charge is 0.493 e. The number of carboxylic acids is 1. The number of methoxy groups -OCH3 is 1. The third-order valence-electron chi connectivity index (χ3n) is 5.39. The van der Waals surface area contributed by atoms with Crippen LogP contribution in [0.5, 0.6) is 11.5 Å². The summed E-state index contributed by atoms with van der Waals surface area (Å²) in [5, 5.41) is 14.7. The van der Waals surface area contributed by atoms with Crippen LogP contribution in [-0.4, -0.2) is 35.7 Å². The lowest BCUT2D eigenvalue weighted by molar-refractivity contribution is -0.138. The highest BCUT2D eigenvalue weighted by molar-refractivity contribution is 5.93. The fraction of sp³-hybridized carbons (Fsp3) is 0.222. The summed E-state index contributed by atoms with van der Waals surface area (Å²) in [6.45, 7) is 1.96. The van der Waals surface area contributed by atoms with Crippen molar-refractivity contribution in [3.05, 3.63) is 72.0 Å². The molecule has 0 bridgehead atoms. The number of benzene rings is 3. The number of halogens is 1. The monoisotopic (exact) mass is 507 g/mol. The van der Waals surface area contributed by atoms with Crippen molar-refractivity contribution in [1.29, 1.82) is 0 Å². The molecule has 0 aliphatic heterocycles. The molecule has 192 valence electrons. The van der Waals surface area contributed by atoms with Gasteiger partial charge < -0.3 is 29.6 Å². The van der Waals surface area contributed by atoms with Crippen molar-refractivity contribution in [2.45, 2.75) is 19.8 Å². The first-order valence-corrected chi connectivity index (χ1v) is 11.5. The second-order valence-electron chi connectivity index (χ2n) is 8.56. The van der Waals surface area contributed by atoms with Gasteiger partial charge in [0.1, 0.15) is 11.3 Å². The predicted octanol–water partition coefficient (Wildman–Crippen LogP) is 5.39. The van der Waals surface area contributed by atoms with Gasteiger partial charge in [0.05, 0.1) is 26.6 Å². The third kappa shape index (κ3) is 6.97. The Kier molecular flexibility index (Phi) is 7.87. The van der Waals surface area contributed by atoms with Crippen molar-refractivity contribution in [2.75, 3.05) is 24.4 Å². The molecular formula is C27H26FN3O6. The lowest BCUT2D eigenvalue weighted by atomic mass is 10.1. The van der Waals surface area contributed by atoms with Crippen molar-refractivity contribution in [1.82, 2.24) is 4.98 Å². The number of carboxylic acid groups (broad SMARTS) is 1. The fourth-order valence-electron chi connectivity index (χ4n) is 3.67. The number of rotatable bonds is 11. The molecule has 0 fully saturated rings. The van der Waals surface area contributed by atoms with E-state index in [9.17, 15) is 14.0 Å². The molecule has 10 heteroatoms. The first-order chi connectivity index (χ1) is 17.8. The molecule has 4 rings (SSSR count). The minimum Gasteiger partial charge on any atom is -0.493 e. The standard InChI is InChI=1S/C27H26FN3O6/c1-16(10-26(33)34)15-36-24-14-20(7-9-22(24)35-2)29-25(32)12-17-6-8-21-23(11-17)37-27(31-21)30-19-5-3-4-18(28)13-19/h3-9,11,13-14,16H,10,12,15H2,1-2H3,(H,29,32)(H,30,31)(H,33,34). The van der Waals surface area contributed by atoms with Gasteiger partial charge >= 0.3 is 5.97 Å². The van der Waals surface area contributed by atoms with Gasteiger partial charge in [0, 0.05) is 23.4 Å². The number of hydrogen-bond acceptors (Lipinski definition) is 7. The summed E-state index contributed by atoms with van der Waals surface area (Å²) >= 11 is 0. The number of nitrogens with one attached hydrogen (secondary N) is 2. The van der Waals surface area contributed by atoms with E-state index in [1.54, 1.807) is 55.5 Å². The van der Waals surface area contributed by atoms with E-state index in [0.717, 1.165) is 0 Å². The number of ether oxygens (including phenoxy) is 2. The fourth-order valence-corrected chi connectivity index (χ4v) is 3.67. The number of aliphatic carboxylic acids is 1. The van der Waals surface area contributed by atoms with Crippen LogP contribution in [0, 0.1) is 11.7 Å². The summed E-state index contributed by atoms with van der Waals surface area (Å²) in [6.07, 6.45) is 0.0673. The zero-order valence-corrected chi connectivity index (χ0v) is 20.3. The highest BCUT2D eigenvalue weighted by Crippen LogP contribution is 2.31. The minimum absolute atomic E-state index is 0.0172. The van der Waals surface area contributed by atoms with Gasteiger partial charge in [-0.25, -0.2) is 4.39 Å². The Labute approximate surface area is 212 Å². The topological polar surface area (TPSA) is 123 Å². The van der Waals surface area contributed by atoms with Gasteiger partial charge in [0.15, 0.2) is 17.1 Å².